The van der Waals surface area contributed by atoms with E-state index < -0.39 is 11.8 Å². The van der Waals surface area contributed by atoms with Crippen LogP contribution in [0.25, 0.3) is 0 Å². The number of hydrogen-bond acceptors (Lipinski definition) is 12. The zero-order valence-electron chi connectivity index (χ0n) is 42.1. The molecule has 0 fully saturated rings. The summed E-state index contributed by atoms with van der Waals surface area (Å²) in [6, 6.07) is 26.0. The number of nitrogens with one attached hydrogen (secondary N) is 4. The second-order valence-corrected chi connectivity index (χ2v) is 21.5. The van der Waals surface area contributed by atoms with Crippen molar-refractivity contribution in [3.63, 3.8) is 0 Å². The smallest absolute Gasteiger partial charge is 0.255 e. The molecular formula is C54H72N10O4S2. The fourth-order valence-corrected chi connectivity index (χ4v) is 9.11. The lowest BCUT2D eigenvalue weighted by Crippen LogP contribution is -2.21. The average molecular weight is 989 g/mol. The standard InChI is InChI=1S/C54H72N10O4S2/c1-53(2,3)39-33-41(59-47(65)22-11-15-28-63(7)45-20-9-13-26-57-45)49(69-30-24-55)43(35-39)61-51(67)37-18-17-19-38(32-37)52(68)62-44-36-40(54(4,5)6)34-42(50(44)70-31-25-56)60-48(66)23-12-16-29-64(8)46-21-10-14-27-58-46/h9-10,13-14,17-21,26-27,32-36H,11-12,15-16,22-25,28-31,55-56H2,1-8H3,(H,59,65)(H,60,66)(H,61,67)(H,62,68). The molecule has 0 atom stereocenters. The third-order valence-corrected chi connectivity index (χ3v) is 13.8. The molecule has 70 heavy (non-hydrogen) atoms. The second kappa shape index (κ2) is 26.3. The lowest BCUT2D eigenvalue weighted by atomic mass is 9.86. The number of carbonyl (C=O) groups excluding carboxylic acids is 4. The van der Waals surface area contributed by atoms with Crippen LogP contribution in [0.2, 0.25) is 0 Å². The largest absolute Gasteiger partial charge is 0.360 e. The first-order chi connectivity index (χ1) is 33.4. The highest BCUT2D eigenvalue weighted by atomic mass is 32.2. The van der Waals surface area contributed by atoms with Gasteiger partial charge in [0, 0.05) is 88.1 Å². The van der Waals surface area contributed by atoms with Crippen LogP contribution in [0.5, 0.6) is 0 Å². The van der Waals surface area contributed by atoms with Crippen LogP contribution in [-0.4, -0.2) is 85.4 Å². The molecule has 0 radical (unpaired) electrons. The highest BCUT2D eigenvalue weighted by Gasteiger charge is 2.25. The van der Waals surface area contributed by atoms with Gasteiger partial charge in [0.05, 0.1) is 32.5 Å². The molecule has 3 aromatic carbocycles. The van der Waals surface area contributed by atoms with E-state index in [2.05, 4.69) is 82.6 Å². The van der Waals surface area contributed by atoms with E-state index in [4.69, 9.17) is 11.5 Å². The molecule has 4 amide bonds. The van der Waals surface area contributed by atoms with Gasteiger partial charge in [-0.25, -0.2) is 9.97 Å². The summed E-state index contributed by atoms with van der Waals surface area (Å²) in [5.41, 5.74) is 16.0. The molecular weight excluding hydrogens is 917 g/mol. The van der Waals surface area contributed by atoms with Gasteiger partial charge in [0.25, 0.3) is 11.8 Å². The molecule has 0 aliphatic carbocycles. The Morgan fingerprint density at radius 2 is 0.914 bits per heavy atom. The minimum absolute atomic E-state index is 0.124. The maximum Gasteiger partial charge on any atom is 0.255 e. The number of benzene rings is 3. The van der Waals surface area contributed by atoms with Crippen molar-refractivity contribution in [3.8, 4) is 0 Å². The Bertz CT molecular complexity index is 2360. The predicted octanol–water partition coefficient (Wildman–Crippen LogP) is 10.2. The SMILES string of the molecule is CN(CCCCC(=O)Nc1cc(C(C)(C)C)cc(NC(=O)c2cccc(C(=O)Nc3cc(C(C)(C)C)cc(NC(=O)CCCCN(C)c4ccccn4)c3SCCN)c2)c1SCCN)c1ccccn1. The Morgan fingerprint density at radius 3 is 1.26 bits per heavy atom. The number of anilines is 6. The first-order valence-electron chi connectivity index (χ1n) is 24.0. The molecule has 5 aromatic rings. The number of thioether (sulfide) groups is 2. The molecule has 0 bridgehead atoms. The van der Waals surface area contributed by atoms with E-state index in [9.17, 15) is 19.2 Å². The molecule has 2 aromatic heterocycles. The minimum Gasteiger partial charge on any atom is -0.360 e. The topological polar surface area (TPSA) is 201 Å². The van der Waals surface area contributed by atoms with Crippen LogP contribution in [0.15, 0.2) is 107 Å². The van der Waals surface area contributed by atoms with E-state index >= 15 is 0 Å². The van der Waals surface area contributed by atoms with E-state index in [1.165, 1.54) is 23.5 Å². The van der Waals surface area contributed by atoms with Crippen LogP contribution in [0.3, 0.4) is 0 Å². The lowest BCUT2D eigenvalue weighted by Gasteiger charge is -2.25. The van der Waals surface area contributed by atoms with Crippen LogP contribution < -0.4 is 42.5 Å². The maximum absolute atomic E-state index is 14.2. The van der Waals surface area contributed by atoms with E-state index in [1.54, 1.807) is 36.7 Å². The quantitative estimate of drug-likeness (QED) is 0.0253. The Hall–Kier alpha value is -5.94. The number of unbranched alkanes of at least 4 members (excludes halogenated alkanes) is 2. The van der Waals surface area contributed by atoms with Crippen LogP contribution in [0.4, 0.5) is 34.4 Å². The van der Waals surface area contributed by atoms with Gasteiger partial charge in [-0.2, -0.15) is 0 Å². The third kappa shape index (κ3) is 16.6. The van der Waals surface area contributed by atoms with Crippen LogP contribution in [0.1, 0.15) is 112 Å². The molecule has 0 saturated carbocycles. The number of rotatable bonds is 24. The van der Waals surface area contributed by atoms with Crippen molar-refractivity contribution < 1.29 is 19.2 Å². The summed E-state index contributed by atoms with van der Waals surface area (Å²) < 4.78 is 0. The van der Waals surface area contributed by atoms with Gasteiger partial charge in [0.2, 0.25) is 11.8 Å². The van der Waals surface area contributed by atoms with E-state index in [0.717, 1.165) is 48.7 Å². The van der Waals surface area contributed by atoms with Crippen molar-refractivity contribution in [1.82, 2.24) is 9.97 Å². The predicted molar refractivity (Wildman–Crippen MR) is 292 cm³/mol. The lowest BCUT2D eigenvalue weighted by molar-refractivity contribution is -0.117. The number of carbonyl (C=O) groups is 4. The molecule has 0 unspecified atom stereocenters. The molecule has 5 rings (SSSR count). The fraction of sp³-hybridized carbons (Fsp3) is 0.407. The van der Waals surface area contributed by atoms with Crippen molar-refractivity contribution in [2.24, 2.45) is 11.5 Å². The summed E-state index contributed by atoms with van der Waals surface area (Å²) in [7, 11) is 3.98. The van der Waals surface area contributed by atoms with Crippen LogP contribution in [-0.2, 0) is 20.4 Å². The molecule has 2 heterocycles. The molecule has 0 saturated heterocycles. The van der Waals surface area contributed by atoms with Gasteiger partial charge in [0.1, 0.15) is 11.6 Å². The molecule has 0 aliphatic heterocycles. The fourth-order valence-electron chi connectivity index (χ4n) is 7.40. The molecule has 14 nitrogen and oxygen atoms in total. The summed E-state index contributed by atoms with van der Waals surface area (Å²) in [5, 5.41) is 12.5. The van der Waals surface area contributed by atoms with Gasteiger partial charge >= 0.3 is 0 Å². The number of nitrogens with zero attached hydrogens (tertiary/aromatic N) is 4. The highest BCUT2D eigenvalue weighted by Crippen LogP contribution is 2.41. The number of hydrogen-bond donors (Lipinski definition) is 6. The van der Waals surface area contributed by atoms with Crippen molar-refractivity contribution in [1.29, 1.82) is 0 Å². The Kier molecular flexibility index (Phi) is 20.7. The Balaban J connectivity index is 1.34. The van der Waals surface area contributed by atoms with Crippen LogP contribution >= 0.6 is 23.5 Å². The van der Waals surface area contributed by atoms with Crippen LogP contribution in [0, 0.1) is 0 Å². The highest BCUT2D eigenvalue weighted by molar-refractivity contribution is 7.99. The Labute approximate surface area is 423 Å². The zero-order chi connectivity index (χ0) is 50.8. The zero-order valence-corrected chi connectivity index (χ0v) is 43.7. The van der Waals surface area contributed by atoms with Crippen molar-refractivity contribution in [2.75, 3.05) is 82.8 Å². The van der Waals surface area contributed by atoms with Crippen molar-refractivity contribution in [3.05, 3.63) is 120 Å². The number of aromatic nitrogens is 2. The third-order valence-electron chi connectivity index (χ3n) is 11.4. The van der Waals surface area contributed by atoms with E-state index in [0.29, 0.717) is 82.8 Å². The summed E-state index contributed by atoms with van der Waals surface area (Å²) in [6.45, 7) is 14.7. The summed E-state index contributed by atoms with van der Waals surface area (Å²) in [4.78, 5) is 69.8. The van der Waals surface area contributed by atoms with Gasteiger partial charge < -0.3 is 42.5 Å². The monoisotopic (exact) mass is 989 g/mol. The summed E-state index contributed by atoms with van der Waals surface area (Å²) in [5.74, 6) is 1.77. The first-order valence-corrected chi connectivity index (χ1v) is 25.9. The second-order valence-electron chi connectivity index (χ2n) is 19.3. The van der Waals surface area contributed by atoms with Gasteiger partial charge in [-0.05, 0) is 114 Å². The first kappa shape index (κ1) is 55.0. The van der Waals surface area contributed by atoms with Gasteiger partial charge in [-0.15, -0.1) is 23.5 Å². The van der Waals surface area contributed by atoms with Crippen molar-refractivity contribution in [2.45, 2.75) is 101 Å². The summed E-state index contributed by atoms with van der Waals surface area (Å²) in [6.07, 6.45) is 7.15. The minimum atomic E-state index is -0.424. The van der Waals surface area contributed by atoms with Gasteiger partial charge in [-0.1, -0.05) is 59.7 Å². The molecule has 0 aliphatic rings. The summed E-state index contributed by atoms with van der Waals surface area (Å²) >= 11 is 2.92. The average Bonchev–Trinajstić information content (AvgIpc) is 3.33. The van der Waals surface area contributed by atoms with Gasteiger partial charge in [-0.3, -0.25) is 19.2 Å². The number of nitrogens with two attached hydrogens (primary N) is 2. The van der Waals surface area contributed by atoms with Gasteiger partial charge in [0.15, 0.2) is 0 Å². The maximum atomic E-state index is 14.2. The molecule has 0 spiro atoms. The van der Waals surface area contributed by atoms with Crippen molar-refractivity contribution >= 4 is 81.5 Å². The number of pyridine rings is 2. The molecule has 374 valence electrons. The van der Waals surface area contributed by atoms with E-state index in [1.807, 2.05) is 74.8 Å². The molecule has 16 heteroatoms. The molecule has 8 N–H and O–H groups in total. The number of amides is 4. The Morgan fingerprint density at radius 1 is 0.529 bits per heavy atom. The van der Waals surface area contributed by atoms with E-state index in [-0.39, 0.29) is 33.8 Å². The normalized spacial score (nSPS) is 11.5.